The number of ether oxygens (including phenoxy) is 13. The van der Waals surface area contributed by atoms with E-state index in [0.717, 1.165) is 50.1 Å². The lowest BCUT2D eigenvalue weighted by molar-refractivity contribution is -0.315. The van der Waals surface area contributed by atoms with Crippen molar-refractivity contribution in [2.45, 2.75) is 197 Å². The van der Waals surface area contributed by atoms with Gasteiger partial charge in [-0.15, -0.1) is 0 Å². The van der Waals surface area contributed by atoms with Crippen LogP contribution in [0.25, 0.3) is 0 Å². The first kappa shape index (κ1) is 92.2. The zero-order valence-corrected chi connectivity index (χ0v) is 70.5. The number of hydrogen-bond acceptors (Lipinski definition) is 21. The van der Waals surface area contributed by atoms with Crippen molar-refractivity contribution in [3.8, 4) is 0 Å². The van der Waals surface area contributed by atoms with E-state index in [1.807, 2.05) is 273 Å². The van der Waals surface area contributed by atoms with Crippen molar-refractivity contribution in [1.82, 2.24) is 0 Å². The van der Waals surface area contributed by atoms with E-state index in [1.54, 1.807) is 0 Å². The van der Waals surface area contributed by atoms with Crippen LogP contribution in [0.5, 0.6) is 0 Å². The summed E-state index contributed by atoms with van der Waals surface area (Å²) in [5.74, 6) is -0.605. The lowest BCUT2D eigenvalue weighted by Crippen LogP contribution is -2.64. The molecule has 3 unspecified atom stereocenters. The molecule has 0 saturated carbocycles. The fraction of sp³-hybridized carbons (Fsp3) is 0.396. The monoisotopic (exact) mass is 1650 g/mol. The molecule has 3 aliphatic heterocycles. The van der Waals surface area contributed by atoms with E-state index in [-0.39, 0.29) is 94.5 Å². The SMILES string of the molecule is COP(O[C@H]1O[C@H](COCc2ccccc2)[C@@H](O[Si](C)(C)C(C)(C)C)[C@H](OCc2ccccc2)[C@H]1OCc1ccccc1)O[C@H]1[C@H](OCc2ccccc2)[C@@H](OCc2ccccc2)[C@@H](OP(OC)O[C@H]2[C@H](OCc3ccccc3)[C@@H](OCc3ccccc3)C(OC(C)=O)O[C@@H]2COCc2ccccc2)O[C@@H]1COCc1ccccc1.[B].[B]. The average Bonchev–Trinajstić information content (AvgIpc) is 0.779. The molecular formula is C91H108B2O21P2Si. The van der Waals surface area contributed by atoms with E-state index >= 15 is 0 Å². The summed E-state index contributed by atoms with van der Waals surface area (Å²) in [5, 5.41) is -0.238. The highest BCUT2D eigenvalue weighted by Gasteiger charge is 2.57. The molecule has 117 heavy (non-hydrogen) atoms. The summed E-state index contributed by atoms with van der Waals surface area (Å²) in [4.78, 5) is 13.3. The zero-order valence-electron chi connectivity index (χ0n) is 67.7. The van der Waals surface area contributed by atoms with Crippen LogP contribution in [0.4, 0.5) is 0 Å². The van der Waals surface area contributed by atoms with Crippen LogP contribution in [0.1, 0.15) is 77.8 Å². The van der Waals surface area contributed by atoms with Gasteiger partial charge in [-0.1, -0.05) is 294 Å². The minimum atomic E-state index is -2.67. The predicted molar refractivity (Wildman–Crippen MR) is 450 cm³/mol. The summed E-state index contributed by atoms with van der Waals surface area (Å²) in [6.07, 6.45) is -16.2. The largest absolute Gasteiger partial charge is 0.433 e. The molecule has 0 bridgehead atoms. The molecule has 17 atom stereocenters. The fourth-order valence-electron chi connectivity index (χ4n) is 13.3. The first-order valence-electron chi connectivity index (χ1n) is 39.1. The van der Waals surface area contributed by atoms with Crippen molar-refractivity contribution in [2.24, 2.45) is 0 Å². The molecule has 0 aromatic heterocycles. The fourth-order valence-corrected chi connectivity index (χ4v) is 16.6. The Morgan fingerprint density at radius 1 is 0.316 bits per heavy atom. The third-order valence-corrected chi connectivity index (χ3v) is 26.9. The maximum atomic E-state index is 13.3. The number of rotatable bonds is 43. The molecule has 6 radical (unpaired) electrons. The van der Waals surface area contributed by atoms with Gasteiger partial charge in [0.2, 0.25) is 6.29 Å². The number of hydrogen-bond donors (Lipinski definition) is 0. The molecule has 21 nitrogen and oxygen atoms in total. The Balaban J connectivity index is 0.00000722. The zero-order chi connectivity index (χ0) is 80.0. The molecule has 3 saturated heterocycles. The van der Waals surface area contributed by atoms with Crippen LogP contribution in [-0.4, -0.2) is 157 Å². The van der Waals surface area contributed by atoms with E-state index in [1.165, 1.54) is 21.1 Å². The number of esters is 1. The Labute approximate surface area is 696 Å². The molecule has 0 amide bonds. The quantitative estimate of drug-likeness (QED) is 0.0198. The molecule has 618 valence electrons. The van der Waals surface area contributed by atoms with Gasteiger partial charge in [0.05, 0.1) is 79.3 Å². The third kappa shape index (κ3) is 28.0. The summed E-state index contributed by atoms with van der Waals surface area (Å²) in [7, 11) is -4.81. The van der Waals surface area contributed by atoms with Gasteiger partial charge in [0, 0.05) is 38.0 Å². The molecule has 0 spiro atoms. The Bertz CT molecular complexity index is 4200. The number of carbonyl (C=O) groups is 1. The maximum Gasteiger partial charge on any atom is 0.335 e. The van der Waals surface area contributed by atoms with E-state index in [0.29, 0.717) is 6.61 Å². The highest BCUT2D eigenvalue weighted by atomic mass is 31.2. The van der Waals surface area contributed by atoms with Crippen molar-refractivity contribution in [3.63, 3.8) is 0 Å². The highest BCUT2D eigenvalue weighted by Crippen LogP contribution is 2.52. The maximum absolute atomic E-state index is 13.3. The molecule has 3 aliphatic rings. The van der Waals surface area contributed by atoms with Crippen LogP contribution in [-0.2, 0) is 157 Å². The van der Waals surface area contributed by atoms with Gasteiger partial charge >= 0.3 is 23.2 Å². The normalized spacial score (nSPS) is 24.0. The molecule has 9 aromatic rings. The van der Waals surface area contributed by atoms with Gasteiger partial charge in [-0.3, -0.25) is 13.8 Å². The van der Waals surface area contributed by atoms with Gasteiger partial charge in [0.1, 0.15) is 73.2 Å². The topological polar surface area (TPSA) is 202 Å². The average molecular weight is 1650 g/mol. The van der Waals surface area contributed by atoms with Crippen LogP contribution < -0.4 is 0 Å². The number of carbonyl (C=O) groups excluding carboxylic acids is 1. The molecule has 3 fully saturated rings. The van der Waals surface area contributed by atoms with Crippen LogP contribution in [0.3, 0.4) is 0 Å². The summed E-state index contributed by atoms with van der Waals surface area (Å²) in [6, 6.07) is 88.4. The molecule has 3 heterocycles. The molecule has 0 aliphatic carbocycles. The van der Waals surface area contributed by atoms with Gasteiger partial charge in [-0.2, -0.15) is 0 Å². The van der Waals surface area contributed by atoms with Crippen molar-refractivity contribution < 1.29 is 97.9 Å². The second kappa shape index (κ2) is 47.8. The Morgan fingerprint density at radius 3 is 0.786 bits per heavy atom. The predicted octanol–water partition coefficient (Wildman–Crippen LogP) is 17.1. The molecular weight excluding hydrogens is 1540 g/mol. The van der Waals surface area contributed by atoms with E-state index in [4.69, 9.17) is 93.1 Å². The first-order valence-corrected chi connectivity index (χ1v) is 44.2. The lowest BCUT2D eigenvalue weighted by Gasteiger charge is -2.50. The summed E-state index contributed by atoms with van der Waals surface area (Å²) in [6.45, 7) is 13.5. The van der Waals surface area contributed by atoms with Gasteiger partial charge in [-0.25, -0.2) is 0 Å². The summed E-state index contributed by atoms with van der Waals surface area (Å²) < 4.78 is 140. The van der Waals surface area contributed by atoms with E-state index in [2.05, 4.69) is 33.9 Å². The van der Waals surface area contributed by atoms with Crippen LogP contribution >= 0.6 is 17.2 Å². The Morgan fingerprint density at radius 2 is 0.538 bits per heavy atom. The molecule has 26 heteroatoms. The van der Waals surface area contributed by atoms with Crippen LogP contribution in [0, 0.1) is 0 Å². The van der Waals surface area contributed by atoms with Crippen molar-refractivity contribution in [3.05, 3.63) is 323 Å². The Kier molecular flexibility index (Phi) is 37.6. The minimum Gasteiger partial charge on any atom is -0.433 e. The molecule has 0 N–H and O–H groups in total. The standard InChI is InChI=1S/C91H108O21P2Si.2B/c1-66(92)104-88-85(101-60-73-48-30-15-31-49-73)82(98-57-70-42-24-12-25-43-70)79(76(105-88)63-95-54-67-36-18-9-19-37-67)108-113(93-5)110-89-86(102-61-74-50-32-16-33-51-74)83(99-58-71-44-26-13-27-45-71)80(77(106-89)64-96-55-68-38-20-10-21-39-68)109-114(94-6)111-90-87(103-62-75-52-34-17-35-53-75)84(100-59-72-46-28-14-29-47-72)81(112-115(7,8)91(2,3)4)78(107-90)65-97-56-69-40-22-11-23-41-69;;/h9-53,76-90H,54-65H2,1-8H3;;/t76-,77-,78-,79-,80-,81-,82+,83+,84+,85-,86-,87-,88?,89-,90-,113?,114?;;/m1../s1. The van der Waals surface area contributed by atoms with E-state index in [9.17, 15) is 4.79 Å². The van der Waals surface area contributed by atoms with Gasteiger partial charge in [0.25, 0.3) is 0 Å². The second-order valence-electron chi connectivity index (χ2n) is 29.8. The molecule has 12 rings (SSSR count). The lowest BCUT2D eigenvalue weighted by atomic mass is 9.98. The smallest absolute Gasteiger partial charge is 0.335 e. The summed E-state index contributed by atoms with van der Waals surface area (Å²) in [5.41, 5.74) is 8.02. The van der Waals surface area contributed by atoms with Crippen molar-refractivity contribution in [2.75, 3.05) is 34.0 Å². The Hall–Kier alpha value is -7.10. The van der Waals surface area contributed by atoms with Gasteiger partial charge in [0.15, 0.2) is 20.9 Å². The van der Waals surface area contributed by atoms with Crippen LogP contribution in [0.15, 0.2) is 273 Å². The minimum absolute atomic E-state index is 0. The molecule has 9 aromatic carbocycles. The van der Waals surface area contributed by atoms with Gasteiger partial charge < -0.3 is 84.1 Å². The van der Waals surface area contributed by atoms with Crippen LogP contribution in [0.2, 0.25) is 18.1 Å². The highest BCUT2D eigenvalue weighted by molar-refractivity contribution is 7.42. The number of benzene rings is 9. The van der Waals surface area contributed by atoms with Crippen molar-refractivity contribution >= 4 is 48.3 Å². The third-order valence-electron chi connectivity index (χ3n) is 20.3. The van der Waals surface area contributed by atoms with Crippen molar-refractivity contribution in [1.29, 1.82) is 0 Å². The summed E-state index contributed by atoms with van der Waals surface area (Å²) >= 11 is 0. The first-order chi connectivity index (χ1) is 56.1. The van der Waals surface area contributed by atoms with Gasteiger partial charge in [-0.05, 0) is 68.2 Å². The second-order valence-corrected chi connectivity index (χ2v) is 37.0. The van der Waals surface area contributed by atoms with E-state index < -0.39 is 124 Å².